The summed E-state index contributed by atoms with van der Waals surface area (Å²) < 4.78 is 4.75. The van der Waals surface area contributed by atoms with E-state index in [0.29, 0.717) is 6.42 Å². The second-order valence-corrected chi connectivity index (χ2v) is 5.59. The molecule has 1 aliphatic rings. The second kappa shape index (κ2) is 7.25. The van der Waals surface area contributed by atoms with Gasteiger partial charge in [0.25, 0.3) is 0 Å². The fourth-order valence-corrected chi connectivity index (χ4v) is 2.91. The molecule has 0 N–H and O–H groups in total. The number of benzene rings is 1. The molecule has 2 atom stereocenters. The summed E-state index contributed by atoms with van der Waals surface area (Å²) >= 11 is 0. The summed E-state index contributed by atoms with van der Waals surface area (Å²) in [5.41, 5.74) is 1.02. The SMILES string of the molecule is COC(=O)CC1CCCCN1C(=O)C(C)c1ccccc1. The van der Waals surface area contributed by atoms with Crippen LogP contribution in [0.5, 0.6) is 0 Å². The fraction of sp³-hybridized carbons (Fsp3) is 0.529. The van der Waals surface area contributed by atoms with E-state index < -0.39 is 0 Å². The maximum absolute atomic E-state index is 12.8. The van der Waals surface area contributed by atoms with Gasteiger partial charge < -0.3 is 9.64 Å². The minimum atomic E-state index is -0.243. The summed E-state index contributed by atoms with van der Waals surface area (Å²) in [7, 11) is 1.39. The van der Waals surface area contributed by atoms with Gasteiger partial charge >= 0.3 is 5.97 Å². The number of hydrogen-bond donors (Lipinski definition) is 0. The van der Waals surface area contributed by atoms with Crippen LogP contribution in [-0.4, -0.2) is 36.5 Å². The Morgan fingerprint density at radius 1 is 1.29 bits per heavy atom. The number of likely N-dealkylation sites (tertiary alicyclic amines) is 1. The minimum absolute atomic E-state index is 0.0233. The summed E-state index contributed by atoms with van der Waals surface area (Å²) in [4.78, 5) is 26.2. The Bertz CT molecular complexity index is 486. The molecule has 0 saturated carbocycles. The molecule has 21 heavy (non-hydrogen) atoms. The third kappa shape index (κ3) is 3.84. The highest BCUT2D eigenvalue weighted by atomic mass is 16.5. The number of nitrogens with zero attached hydrogens (tertiary/aromatic N) is 1. The number of piperidine rings is 1. The fourth-order valence-electron chi connectivity index (χ4n) is 2.91. The van der Waals surface area contributed by atoms with Crippen molar-refractivity contribution in [3.63, 3.8) is 0 Å². The molecule has 0 bridgehead atoms. The molecule has 4 heteroatoms. The molecule has 114 valence electrons. The molecule has 0 spiro atoms. The van der Waals surface area contributed by atoms with Crippen molar-refractivity contribution in [2.24, 2.45) is 0 Å². The Kier molecular flexibility index (Phi) is 5.37. The molecule has 0 aliphatic carbocycles. The third-order valence-corrected chi connectivity index (χ3v) is 4.21. The highest BCUT2D eigenvalue weighted by Gasteiger charge is 2.31. The zero-order valence-electron chi connectivity index (χ0n) is 12.7. The Balaban J connectivity index is 2.09. The van der Waals surface area contributed by atoms with Gasteiger partial charge in [-0.3, -0.25) is 9.59 Å². The van der Waals surface area contributed by atoms with Crippen molar-refractivity contribution < 1.29 is 14.3 Å². The van der Waals surface area contributed by atoms with E-state index in [0.717, 1.165) is 31.4 Å². The first-order valence-electron chi connectivity index (χ1n) is 7.55. The van der Waals surface area contributed by atoms with Crippen molar-refractivity contribution in [3.8, 4) is 0 Å². The Morgan fingerprint density at radius 3 is 2.67 bits per heavy atom. The van der Waals surface area contributed by atoms with Gasteiger partial charge in [-0.25, -0.2) is 0 Å². The van der Waals surface area contributed by atoms with Crippen LogP contribution >= 0.6 is 0 Å². The molecule has 2 unspecified atom stereocenters. The Morgan fingerprint density at radius 2 is 2.00 bits per heavy atom. The van der Waals surface area contributed by atoms with Gasteiger partial charge in [0, 0.05) is 12.6 Å². The van der Waals surface area contributed by atoms with E-state index in [1.165, 1.54) is 7.11 Å². The maximum atomic E-state index is 12.8. The first-order valence-corrected chi connectivity index (χ1v) is 7.55. The lowest BCUT2D eigenvalue weighted by atomic mass is 9.94. The second-order valence-electron chi connectivity index (χ2n) is 5.59. The van der Waals surface area contributed by atoms with Crippen molar-refractivity contribution in [2.75, 3.05) is 13.7 Å². The maximum Gasteiger partial charge on any atom is 0.307 e. The third-order valence-electron chi connectivity index (χ3n) is 4.21. The van der Waals surface area contributed by atoms with E-state index in [4.69, 9.17) is 4.74 Å². The molecule has 1 amide bonds. The standard InChI is InChI=1S/C17H23NO3/c1-13(14-8-4-3-5-9-14)17(20)18-11-7-6-10-15(18)12-16(19)21-2/h3-5,8-9,13,15H,6-7,10-12H2,1-2H3. The normalized spacial score (nSPS) is 19.9. The van der Waals surface area contributed by atoms with Gasteiger partial charge in [0.1, 0.15) is 0 Å². The number of ether oxygens (including phenoxy) is 1. The van der Waals surface area contributed by atoms with Crippen LogP contribution in [0.25, 0.3) is 0 Å². The van der Waals surface area contributed by atoms with E-state index in [1.54, 1.807) is 0 Å². The van der Waals surface area contributed by atoms with Gasteiger partial charge in [-0.05, 0) is 31.7 Å². The van der Waals surface area contributed by atoms with Gasteiger partial charge in [-0.15, -0.1) is 0 Å². The van der Waals surface area contributed by atoms with Crippen molar-refractivity contribution in [1.82, 2.24) is 4.90 Å². The van der Waals surface area contributed by atoms with Crippen LogP contribution in [0.3, 0.4) is 0 Å². The summed E-state index contributed by atoms with van der Waals surface area (Å²) in [5.74, 6) is -0.314. The highest BCUT2D eigenvalue weighted by molar-refractivity contribution is 5.84. The zero-order chi connectivity index (χ0) is 15.2. The molecule has 1 aromatic rings. The molecular weight excluding hydrogens is 266 g/mol. The van der Waals surface area contributed by atoms with Gasteiger partial charge in [-0.1, -0.05) is 30.3 Å². The van der Waals surface area contributed by atoms with Crippen LogP contribution < -0.4 is 0 Å². The van der Waals surface area contributed by atoms with Crippen molar-refractivity contribution in [3.05, 3.63) is 35.9 Å². The number of rotatable bonds is 4. The largest absolute Gasteiger partial charge is 0.469 e. The van der Waals surface area contributed by atoms with Gasteiger partial charge in [0.2, 0.25) is 5.91 Å². The summed E-state index contributed by atoms with van der Waals surface area (Å²) in [6, 6.07) is 9.76. The molecule has 0 radical (unpaired) electrons. The van der Waals surface area contributed by atoms with Crippen LogP contribution in [0.4, 0.5) is 0 Å². The van der Waals surface area contributed by atoms with Crippen molar-refractivity contribution in [1.29, 1.82) is 0 Å². The quantitative estimate of drug-likeness (QED) is 0.801. The first-order chi connectivity index (χ1) is 10.1. The van der Waals surface area contributed by atoms with Crippen LogP contribution in [0.1, 0.15) is 44.1 Å². The molecule has 0 aromatic heterocycles. The number of carbonyl (C=O) groups is 2. The molecule has 1 heterocycles. The lowest BCUT2D eigenvalue weighted by molar-refractivity contribution is -0.145. The number of hydrogen-bond acceptors (Lipinski definition) is 3. The molecular formula is C17H23NO3. The Labute approximate surface area is 126 Å². The van der Waals surface area contributed by atoms with Crippen LogP contribution in [0, 0.1) is 0 Å². The van der Waals surface area contributed by atoms with Crippen LogP contribution in [0.15, 0.2) is 30.3 Å². The minimum Gasteiger partial charge on any atom is -0.469 e. The molecule has 1 aliphatic heterocycles. The molecule has 4 nitrogen and oxygen atoms in total. The highest BCUT2D eigenvalue weighted by Crippen LogP contribution is 2.25. The molecule has 1 saturated heterocycles. The van der Waals surface area contributed by atoms with Crippen LogP contribution in [-0.2, 0) is 14.3 Å². The summed E-state index contributed by atoms with van der Waals surface area (Å²) in [6.07, 6.45) is 3.24. The van der Waals surface area contributed by atoms with E-state index >= 15 is 0 Å². The first kappa shape index (κ1) is 15.5. The van der Waals surface area contributed by atoms with Crippen molar-refractivity contribution >= 4 is 11.9 Å². The number of amides is 1. The summed E-state index contributed by atoms with van der Waals surface area (Å²) in [6.45, 7) is 2.67. The molecule has 1 aromatic carbocycles. The van der Waals surface area contributed by atoms with Gasteiger partial charge in [0.15, 0.2) is 0 Å². The smallest absolute Gasteiger partial charge is 0.307 e. The van der Waals surface area contributed by atoms with E-state index in [1.807, 2.05) is 42.2 Å². The number of carbonyl (C=O) groups excluding carboxylic acids is 2. The number of esters is 1. The molecule has 1 fully saturated rings. The predicted molar refractivity (Wildman–Crippen MR) is 80.8 cm³/mol. The lowest BCUT2D eigenvalue weighted by Gasteiger charge is -2.37. The van der Waals surface area contributed by atoms with Crippen molar-refractivity contribution in [2.45, 2.75) is 44.6 Å². The van der Waals surface area contributed by atoms with Gasteiger partial charge in [0.05, 0.1) is 19.4 Å². The number of methoxy groups -OCH3 is 1. The average molecular weight is 289 g/mol. The molecule has 2 rings (SSSR count). The lowest BCUT2D eigenvalue weighted by Crippen LogP contribution is -2.46. The monoisotopic (exact) mass is 289 g/mol. The van der Waals surface area contributed by atoms with E-state index in [9.17, 15) is 9.59 Å². The zero-order valence-corrected chi connectivity index (χ0v) is 12.7. The average Bonchev–Trinajstić information content (AvgIpc) is 2.54. The predicted octanol–water partition coefficient (Wildman–Crippen LogP) is 2.73. The topological polar surface area (TPSA) is 46.6 Å². The van der Waals surface area contributed by atoms with Gasteiger partial charge in [-0.2, -0.15) is 0 Å². The summed E-state index contributed by atoms with van der Waals surface area (Å²) in [5, 5.41) is 0. The van der Waals surface area contributed by atoms with E-state index in [-0.39, 0.29) is 23.8 Å². The Hall–Kier alpha value is -1.84. The van der Waals surface area contributed by atoms with E-state index in [2.05, 4.69) is 0 Å². The van der Waals surface area contributed by atoms with Crippen LogP contribution in [0.2, 0.25) is 0 Å².